The van der Waals surface area contributed by atoms with E-state index in [0.717, 1.165) is 24.9 Å². The zero-order chi connectivity index (χ0) is 14.2. The van der Waals surface area contributed by atoms with Gasteiger partial charge in [-0.05, 0) is 24.1 Å². The van der Waals surface area contributed by atoms with Gasteiger partial charge in [0.2, 0.25) is 5.95 Å². The second-order valence-electron chi connectivity index (χ2n) is 4.43. The molecule has 0 atom stereocenters. The maximum atomic E-state index is 12.8. The molecule has 0 bridgehead atoms. The van der Waals surface area contributed by atoms with E-state index in [-0.39, 0.29) is 5.82 Å². The van der Waals surface area contributed by atoms with Gasteiger partial charge < -0.3 is 10.6 Å². The Kier molecular flexibility index (Phi) is 5.23. The first-order valence-electron chi connectivity index (χ1n) is 6.70. The molecule has 20 heavy (non-hydrogen) atoms. The molecule has 1 aromatic heterocycles. The molecule has 2 rings (SSSR count). The highest BCUT2D eigenvalue weighted by Crippen LogP contribution is 2.07. The van der Waals surface area contributed by atoms with Crippen LogP contribution in [-0.2, 0) is 6.54 Å². The maximum Gasteiger partial charge on any atom is 0.244 e. The van der Waals surface area contributed by atoms with Crippen LogP contribution < -0.4 is 10.6 Å². The Morgan fingerprint density at radius 1 is 1.15 bits per heavy atom. The Labute approximate surface area is 117 Å². The van der Waals surface area contributed by atoms with Crippen LogP contribution in [0.25, 0.3) is 0 Å². The van der Waals surface area contributed by atoms with Crippen molar-refractivity contribution in [1.82, 2.24) is 15.2 Å². The summed E-state index contributed by atoms with van der Waals surface area (Å²) >= 11 is 0. The molecule has 1 heterocycles. The van der Waals surface area contributed by atoms with Crippen LogP contribution in [0.4, 0.5) is 16.2 Å². The Bertz CT molecular complexity index is 529. The molecule has 0 unspecified atom stereocenters. The highest BCUT2D eigenvalue weighted by Gasteiger charge is 2.00. The molecule has 0 aliphatic rings. The van der Waals surface area contributed by atoms with Crippen LogP contribution >= 0.6 is 0 Å². The number of nitrogens with one attached hydrogen (secondary N) is 2. The van der Waals surface area contributed by atoms with Gasteiger partial charge in [-0.1, -0.05) is 25.5 Å². The van der Waals surface area contributed by atoms with E-state index < -0.39 is 0 Å². The molecule has 0 aliphatic heterocycles. The minimum absolute atomic E-state index is 0.242. The minimum atomic E-state index is -0.242. The first kappa shape index (κ1) is 14.2. The molecule has 0 aliphatic carbocycles. The van der Waals surface area contributed by atoms with Crippen molar-refractivity contribution in [2.75, 3.05) is 17.2 Å². The van der Waals surface area contributed by atoms with E-state index in [4.69, 9.17) is 0 Å². The molecule has 0 spiro atoms. The molecule has 2 N–H and O–H groups in total. The number of rotatable bonds is 7. The van der Waals surface area contributed by atoms with Gasteiger partial charge >= 0.3 is 0 Å². The summed E-state index contributed by atoms with van der Waals surface area (Å²) in [5.74, 6) is 0.916. The highest BCUT2D eigenvalue weighted by atomic mass is 19.1. The third kappa shape index (κ3) is 4.46. The zero-order valence-corrected chi connectivity index (χ0v) is 11.4. The average molecular weight is 275 g/mol. The van der Waals surface area contributed by atoms with E-state index in [2.05, 4.69) is 32.7 Å². The predicted molar refractivity (Wildman–Crippen MR) is 77.0 cm³/mol. The average Bonchev–Trinajstić information content (AvgIpc) is 2.47. The van der Waals surface area contributed by atoms with Crippen LogP contribution in [-0.4, -0.2) is 21.7 Å². The third-order valence-corrected chi connectivity index (χ3v) is 2.76. The lowest BCUT2D eigenvalue weighted by molar-refractivity contribution is 0.627. The summed E-state index contributed by atoms with van der Waals surface area (Å²) in [5, 5.41) is 14.1. The van der Waals surface area contributed by atoms with Gasteiger partial charge in [-0.25, -0.2) is 4.39 Å². The molecule has 5 nitrogen and oxygen atoms in total. The summed E-state index contributed by atoms with van der Waals surface area (Å²) in [6.07, 6.45) is 3.81. The van der Waals surface area contributed by atoms with Gasteiger partial charge in [0.05, 0.1) is 6.20 Å². The second kappa shape index (κ2) is 7.37. The van der Waals surface area contributed by atoms with Crippen molar-refractivity contribution in [2.24, 2.45) is 0 Å². The SMILES string of the molecule is CCCCNc1cnnc(NCc2ccc(F)cc2)n1. The lowest BCUT2D eigenvalue weighted by Crippen LogP contribution is -2.08. The van der Waals surface area contributed by atoms with Gasteiger partial charge in [0.25, 0.3) is 0 Å². The molecule has 0 saturated heterocycles. The Hall–Kier alpha value is -2.24. The summed E-state index contributed by atoms with van der Waals surface area (Å²) in [7, 11) is 0. The van der Waals surface area contributed by atoms with Crippen molar-refractivity contribution >= 4 is 11.8 Å². The fraction of sp³-hybridized carbons (Fsp3) is 0.357. The maximum absolute atomic E-state index is 12.8. The van der Waals surface area contributed by atoms with E-state index in [1.807, 2.05) is 0 Å². The summed E-state index contributed by atoms with van der Waals surface area (Å²) in [6, 6.07) is 6.30. The van der Waals surface area contributed by atoms with Crippen molar-refractivity contribution in [2.45, 2.75) is 26.3 Å². The standard InChI is InChI=1S/C14H18FN5/c1-2-3-8-16-13-10-18-20-14(19-13)17-9-11-4-6-12(15)7-5-11/h4-7,10H,2-3,8-9H2,1H3,(H2,16,17,19,20). The van der Waals surface area contributed by atoms with Gasteiger partial charge in [0.15, 0.2) is 0 Å². The van der Waals surface area contributed by atoms with Gasteiger partial charge in [-0.2, -0.15) is 10.1 Å². The first-order chi connectivity index (χ1) is 9.78. The fourth-order valence-corrected chi connectivity index (χ4v) is 1.64. The Morgan fingerprint density at radius 2 is 1.95 bits per heavy atom. The molecule has 106 valence electrons. The molecule has 0 saturated carbocycles. The number of unbranched alkanes of at least 4 members (excludes halogenated alkanes) is 1. The van der Waals surface area contributed by atoms with Crippen molar-refractivity contribution in [3.8, 4) is 0 Å². The van der Waals surface area contributed by atoms with Gasteiger partial charge in [0.1, 0.15) is 11.6 Å². The number of aromatic nitrogens is 3. The van der Waals surface area contributed by atoms with Crippen LogP contribution in [0.2, 0.25) is 0 Å². The van der Waals surface area contributed by atoms with Crippen LogP contribution in [0, 0.1) is 5.82 Å². The molecule has 0 amide bonds. The van der Waals surface area contributed by atoms with E-state index in [0.29, 0.717) is 18.3 Å². The van der Waals surface area contributed by atoms with Crippen molar-refractivity contribution < 1.29 is 4.39 Å². The zero-order valence-electron chi connectivity index (χ0n) is 11.4. The number of nitrogens with zero attached hydrogens (tertiary/aromatic N) is 3. The molecular formula is C14H18FN5. The van der Waals surface area contributed by atoms with Crippen molar-refractivity contribution in [1.29, 1.82) is 0 Å². The first-order valence-corrected chi connectivity index (χ1v) is 6.70. The van der Waals surface area contributed by atoms with Crippen molar-refractivity contribution in [3.05, 3.63) is 41.8 Å². The minimum Gasteiger partial charge on any atom is -0.369 e. The van der Waals surface area contributed by atoms with Gasteiger partial charge in [-0.15, -0.1) is 5.10 Å². The van der Waals surface area contributed by atoms with E-state index in [9.17, 15) is 4.39 Å². The summed E-state index contributed by atoms with van der Waals surface area (Å²) in [4.78, 5) is 4.31. The number of halogens is 1. The molecule has 2 aromatic rings. The molecule has 0 fully saturated rings. The normalized spacial score (nSPS) is 10.3. The van der Waals surface area contributed by atoms with Crippen molar-refractivity contribution in [3.63, 3.8) is 0 Å². The van der Waals surface area contributed by atoms with Crippen LogP contribution in [0.15, 0.2) is 30.5 Å². The molecule has 6 heteroatoms. The quantitative estimate of drug-likeness (QED) is 0.761. The fourth-order valence-electron chi connectivity index (χ4n) is 1.64. The van der Waals surface area contributed by atoms with Gasteiger partial charge in [0, 0.05) is 13.1 Å². The van der Waals surface area contributed by atoms with E-state index in [1.54, 1.807) is 18.3 Å². The summed E-state index contributed by atoms with van der Waals surface area (Å²) in [6.45, 7) is 3.53. The highest BCUT2D eigenvalue weighted by molar-refractivity contribution is 5.37. The smallest absolute Gasteiger partial charge is 0.244 e. The lowest BCUT2D eigenvalue weighted by atomic mass is 10.2. The van der Waals surface area contributed by atoms with Crippen LogP contribution in [0.1, 0.15) is 25.3 Å². The predicted octanol–water partition coefficient (Wildman–Crippen LogP) is 2.83. The monoisotopic (exact) mass is 275 g/mol. The molecule has 0 radical (unpaired) electrons. The molecule has 1 aromatic carbocycles. The summed E-state index contributed by atoms with van der Waals surface area (Å²) < 4.78 is 12.8. The lowest BCUT2D eigenvalue weighted by Gasteiger charge is -2.07. The summed E-state index contributed by atoms with van der Waals surface area (Å²) in [5.41, 5.74) is 0.958. The largest absolute Gasteiger partial charge is 0.369 e. The van der Waals surface area contributed by atoms with Gasteiger partial charge in [-0.3, -0.25) is 0 Å². The number of hydrogen-bond donors (Lipinski definition) is 2. The Balaban J connectivity index is 1.89. The van der Waals surface area contributed by atoms with Crippen LogP contribution in [0.5, 0.6) is 0 Å². The second-order valence-corrected chi connectivity index (χ2v) is 4.43. The van der Waals surface area contributed by atoms with E-state index in [1.165, 1.54) is 12.1 Å². The number of benzene rings is 1. The number of hydrogen-bond acceptors (Lipinski definition) is 5. The molecular weight excluding hydrogens is 257 g/mol. The topological polar surface area (TPSA) is 62.7 Å². The number of anilines is 2. The van der Waals surface area contributed by atoms with Crippen LogP contribution in [0.3, 0.4) is 0 Å². The Morgan fingerprint density at radius 3 is 2.70 bits per heavy atom. The third-order valence-electron chi connectivity index (χ3n) is 2.76. The van der Waals surface area contributed by atoms with E-state index >= 15 is 0 Å².